The molecule has 0 saturated heterocycles. The molecular formula is C31H43N3O4. The van der Waals surface area contributed by atoms with Crippen molar-refractivity contribution in [1.82, 2.24) is 16.0 Å². The first kappa shape index (κ1) is 30.0. The van der Waals surface area contributed by atoms with Crippen LogP contribution in [0.4, 0.5) is 0 Å². The average molecular weight is 522 g/mol. The summed E-state index contributed by atoms with van der Waals surface area (Å²) in [6, 6.07) is 24.5. The van der Waals surface area contributed by atoms with Crippen LogP contribution in [0.25, 0.3) is 11.1 Å². The minimum Gasteiger partial charge on any atom is -0.348 e. The van der Waals surface area contributed by atoms with Gasteiger partial charge in [-0.05, 0) is 41.7 Å². The second kappa shape index (κ2) is 15.8. The van der Waals surface area contributed by atoms with Crippen molar-refractivity contribution in [1.29, 1.82) is 0 Å². The predicted octanol–water partition coefficient (Wildman–Crippen LogP) is 4.91. The Bertz CT molecular complexity index is 1180. The van der Waals surface area contributed by atoms with E-state index in [0.717, 1.165) is 22.6 Å². The highest BCUT2D eigenvalue weighted by molar-refractivity contribution is 5.98. The van der Waals surface area contributed by atoms with Crippen LogP contribution in [0.5, 0.6) is 0 Å². The van der Waals surface area contributed by atoms with Crippen LogP contribution in [-0.4, -0.2) is 42.6 Å². The van der Waals surface area contributed by atoms with Gasteiger partial charge >= 0.3 is 0 Å². The second-order valence-electron chi connectivity index (χ2n) is 9.53. The van der Waals surface area contributed by atoms with Crippen LogP contribution < -0.4 is 16.0 Å². The summed E-state index contributed by atoms with van der Waals surface area (Å²) in [5.41, 5.74) is 3.40. The summed E-state index contributed by atoms with van der Waals surface area (Å²) < 4.78 is 0. The van der Waals surface area contributed by atoms with Gasteiger partial charge in [0.25, 0.3) is 5.91 Å². The zero-order valence-corrected chi connectivity index (χ0v) is 22.4. The van der Waals surface area contributed by atoms with Gasteiger partial charge in [0.05, 0.1) is 6.54 Å². The molecule has 3 aromatic rings. The van der Waals surface area contributed by atoms with E-state index >= 15 is 0 Å². The summed E-state index contributed by atoms with van der Waals surface area (Å²) in [5.74, 6) is -0.536. The Hall–Kier alpha value is -4.26. The molecule has 0 aliphatic carbocycles. The van der Waals surface area contributed by atoms with Crippen molar-refractivity contribution in [2.45, 2.75) is 46.2 Å². The summed E-state index contributed by atoms with van der Waals surface area (Å²) in [5, 5.41) is 7.80. The van der Waals surface area contributed by atoms with Crippen LogP contribution in [0, 0.1) is 5.92 Å². The molecule has 0 aliphatic heterocycles. The van der Waals surface area contributed by atoms with E-state index in [0.29, 0.717) is 11.8 Å². The molecule has 206 valence electrons. The zero-order valence-electron chi connectivity index (χ0n) is 22.4. The molecule has 3 N–H and O–H groups in total. The minimum absolute atomic E-state index is 0. The van der Waals surface area contributed by atoms with Crippen LogP contribution in [-0.2, 0) is 20.8 Å². The molecule has 7 nitrogen and oxygen atoms in total. The van der Waals surface area contributed by atoms with E-state index in [1.807, 2.05) is 54.6 Å². The summed E-state index contributed by atoms with van der Waals surface area (Å²) in [4.78, 5) is 48.3. The standard InChI is InChI=1S/C27H27N3O4.C4H10.3H2/c1-19(25(32)28-16-17-31)29-27(34)24(30-26(33)23-10-6-3-7-11-23)18-20-12-14-22(15-13-20)21-8-4-2-5-9-21;1-4(2)3;;;/h2-15,17,19,24H,16,18H2,1H3,(H,28,32)(H,29,34)(H,30,33);4H,1-3H3;3*1H/t19-,24+;;;;/m0..../s1. The molecule has 0 heterocycles. The molecule has 0 fully saturated rings. The Morgan fingerprint density at radius 3 is 1.82 bits per heavy atom. The van der Waals surface area contributed by atoms with Gasteiger partial charge in [-0.25, -0.2) is 0 Å². The summed E-state index contributed by atoms with van der Waals surface area (Å²) in [6.07, 6.45) is 0.802. The molecule has 0 aliphatic rings. The Morgan fingerprint density at radius 2 is 1.26 bits per heavy atom. The topological polar surface area (TPSA) is 104 Å². The van der Waals surface area contributed by atoms with Crippen molar-refractivity contribution >= 4 is 24.0 Å². The number of carbonyl (C=O) groups excluding carboxylic acids is 4. The maximum absolute atomic E-state index is 13.0. The molecule has 3 rings (SSSR count). The van der Waals surface area contributed by atoms with E-state index in [9.17, 15) is 19.2 Å². The van der Waals surface area contributed by atoms with E-state index in [1.165, 1.54) is 6.92 Å². The highest BCUT2D eigenvalue weighted by Gasteiger charge is 2.25. The number of nitrogens with one attached hydrogen (secondary N) is 3. The molecule has 0 radical (unpaired) electrons. The Balaban J connectivity index is 0. The Morgan fingerprint density at radius 1 is 0.737 bits per heavy atom. The van der Waals surface area contributed by atoms with Crippen LogP contribution in [0.3, 0.4) is 0 Å². The quantitative estimate of drug-likeness (QED) is 0.330. The highest BCUT2D eigenvalue weighted by Crippen LogP contribution is 2.20. The fraction of sp³-hybridized carbons (Fsp3) is 0.290. The molecular weight excluding hydrogens is 478 g/mol. The summed E-state index contributed by atoms with van der Waals surface area (Å²) >= 11 is 0. The lowest BCUT2D eigenvalue weighted by Gasteiger charge is -2.21. The van der Waals surface area contributed by atoms with Gasteiger partial charge in [0.2, 0.25) is 11.8 Å². The third-order valence-electron chi connectivity index (χ3n) is 5.27. The normalized spacial score (nSPS) is 11.8. The van der Waals surface area contributed by atoms with Gasteiger partial charge in [-0.1, -0.05) is 93.6 Å². The maximum atomic E-state index is 13.0. The van der Waals surface area contributed by atoms with Gasteiger partial charge < -0.3 is 20.7 Å². The number of carbonyl (C=O) groups is 4. The average Bonchev–Trinajstić information content (AvgIpc) is 2.92. The van der Waals surface area contributed by atoms with Gasteiger partial charge in [0.15, 0.2) is 0 Å². The maximum Gasteiger partial charge on any atom is 0.251 e. The van der Waals surface area contributed by atoms with Crippen molar-refractivity contribution in [2.75, 3.05) is 6.54 Å². The van der Waals surface area contributed by atoms with E-state index in [-0.39, 0.29) is 23.2 Å². The van der Waals surface area contributed by atoms with Gasteiger partial charge in [0.1, 0.15) is 18.4 Å². The molecule has 0 unspecified atom stereocenters. The fourth-order valence-corrected chi connectivity index (χ4v) is 3.41. The molecule has 3 amide bonds. The predicted molar refractivity (Wildman–Crippen MR) is 157 cm³/mol. The van der Waals surface area contributed by atoms with Gasteiger partial charge in [-0.3, -0.25) is 14.4 Å². The van der Waals surface area contributed by atoms with Gasteiger partial charge in [-0.2, -0.15) is 0 Å². The largest absolute Gasteiger partial charge is 0.348 e. The van der Waals surface area contributed by atoms with Crippen molar-refractivity contribution < 1.29 is 23.5 Å². The van der Waals surface area contributed by atoms with Crippen LogP contribution >= 0.6 is 0 Å². The Kier molecular flexibility index (Phi) is 12.4. The number of aldehydes is 1. The molecule has 3 aromatic carbocycles. The van der Waals surface area contributed by atoms with Crippen LogP contribution in [0.2, 0.25) is 0 Å². The number of amides is 3. The van der Waals surface area contributed by atoms with Crippen molar-refractivity contribution in [3.63, 3.8) is 0 Å². The lowest BCUT2D eigenvalue weighted by atomic mass is 10.00. The Labute approximate surface area is 229 Å². The van der Waals surface area contributed by atoms with Crippen molar-refractivity contribution in [2.24, 2.45) is 5.92 Å². The summed E-state index contributed by atoms with van der Waals surface area (Å²) in [6.45, 7) is 7.88. The minimum atomic E-state index is -0.906. The third kappa shape index (κ3) is 10.4. The number of hydrogen-bond acceptors (Lipinski definition) is 4. The molecule has 38 heavy (non-hydrogen) atoms. The molecule has 0 saturated carbocycles. The third-order valence-corrected chi connectivity index (χ3v) is 5.27. The number of rotatable bonds is 10. The monoisotopic (exact) mass is 521 g/mol. The fourth-order valence-electron chi connectivity index (χ4n) is 3.41. The van der Waals surface area contributed by atoms with Gasteiger partial charge in [-0.15, -0.1) is 0 Å². The second-order valence-corrected chi connectivity index (χ2v) is 9.53. The molecule has 2 atom stereocenters. The van der Waals surface area contributed by atoms with E-state index in [1.54, 1.807) is 30.3 Å². The lowest BCUT2D eigenvalue weighted by Crippen LogP contribution is -2.53. The molecule has 7 heteroatoms. The van der Waals surface area contributed by atoms with Crippen LogP contribution in [0.15, 0.2) is 84.9 Å². The molecule has 0 spiro atoms. The number of hydrogen-bond donors (Lipinski definition) is 3. The summed E-state index contributed by atoms with van der Waals surface area (Å²) in [7, 11) is 0. The first-order chi connectivity index (χ1) is 18.2. The van der Waals surface area contributed by atoms with E-state index < -0.39 is 23.9 Å². The smallest absolute Gasteiger partial charge is 0.251 e. The number of benzene rings is 3. The van der Waals surface area contributed by atoms with Gasteiger partial charge in [0, 0.05) is 16.3 Å². The SMILES string of the molecule is CC(C)C.C[C@H](NC(=O)[C@@H](Cc1ccc(-c2ccccc2)cc1)NC(=O)c1ccccc1)C(=O)NCC=O.[HH].[HH].[HH]. The van der Waals surface area contributed by atoms with Crippen molar-refractivity contribution in [3.05, 3.63) is 96.1 Å². The molecule has 0 aromatic heterocycles. The molecule has 0 bridgehead atoms. The highest BCUT2D eigenvalue weighted by atomic mass is 16.2. The lowest BCUT2D eigenvalue weighted by molar-refractivity contribution is -0.129. The van der Waals surface area contributed by atoms with E-state index in [2.05, 4.69) is 36.7 Å². The van der Waals surface area contributed by atoms with Crippen LogP contribution in [0.1, 0.15) is 47.9 Å². The first-order valence-corrected chi connectivity index (χ1v) is 12.7. The van der Waals surface area contributed by atoms with E-state index in [4.69, 9.17) is 0 Å². The zero-order chi connectivity index (χ0) is 27.9. The first-order valence-electron chi connectivity index (χ1n) is 12.7. The van der Waals surface area contributed by atoms with Crippen molar-refractivity contribution in [3.8, 4) is 11.1 Å².